The molecule has 0 spiro atoms. The average Bonchev–Trinajstić information content (AvgIpc) is 3.48. The van der Waals surface area contributed by atoms with E-state index in [2.05, 4.69) is 16.1 Å². The highest BCUT2D eigenvalue weighted by atomic mass is 32.1. The van der Waals surface area contributed by atoms with Crippen molar-refractivity contribution in [1.82, 2.24) is 14.6 Å². The number of aromatic nitrogens is 3. The van der Waals surface area contributed by atoms with Crippen molar-refractivity contribution in [3.8, 4) is 21.7 Å². The molecule has 0 aliphatic rings. The van der Waals surface area contributed by atoms with Gasteiger partial charge in [-0.25, -0.2) is 14.3 Å². The van der Waals surface area contributed by atoms with Crippen molar-refractivity contribution in [1.29, 1.82) is 0 Å². The molecule has 6 nitrogen and oxygen atoms in total. The minimum Gasteiger partial charge on any atom is -0.477 e. The van der Waals surface area contributed by atoms with Crippen LogP contribution >= 0.6 is 18.5 Å². The molecule has 5 rings (SSSR count). The van der Waals surface area contributed by atoms with Gasteiger partial charge in [0.15, 0.2) is 5.65 Å². The lowest BCUT2D eigenvalue weighted by Gasteiger charge is -2.20. The third kappa shape index (κ3) is 5.02. The molecule has 5 aromatic rings. The summed E-state index contributed by atoms with van der Waals surface area (Å²) in [4.78, 5) is 17.6. The Bertz CT molecular complexity index is 1620. The van der Waals surface area contributed by atoms with Crippen molar-refractivity contribution in [3.63, 3.8) is 0 Å². The number of aryl methyl sites for hydroxylation is 2. The van der Waals surface area contributed by atoms with Gasteiger partial charge >= 0.3 is 5.97 Å². The molecule has 37 heavy (non-hydrogen) atoms. The maximum atomic E-state index is 14.3. The molecular weight excluding hydrogens is 501 g/mol. The first-order chi connectivity index (χ1) is 17.8. The molecule has 0 saturated heterocycles. The summed E-state index contributed by atoms with van der Waals surface area (Å²) in [5.41, 5.74) is 6.22. The Hall–Kier alpha value is -3.54. The first-order valence-corrected chi connectivity index (χ1v) is 15.1. The molecule has 0 aliphatic carbocycles. The van der Waals surface area contributed by atoms with Crippen LogP contribution in [0.3, 0.4) is 0 Å². The molecule has 188 valence electrons. The fourth-order valence-electron chi connectivity index (χ4n) is 4.83. The Morgan fingerprint density at radius 1 is 1.05 bits per heavy atom. The van der Waals surface area contributed by atoms with E-state index in [4.69, 9.17) is 0 Å². The van der Waals surface area contributed by atoms with Crippen molar-refractivity contribution in [3.05, 3.63) is 94.6 Å². The van der Waals surface area contributed by atoms with Gasteiger partial charge in [0.25, 0.3) is 0 Å². The van der Waals surface area contributed by atoms with Crippen LogP contribution in [0.5, 0.6) is 0 Å². The van der Waals surface area contributed by atoms with Crippen molar-refractivity contribution in [2.24, 2.45) is 0 Å². The quantitative estimate of drug-likeness (QED) is 0.218. The fourth-order valence-corrected chi connectivity index (χ4v) is 9.11. The van der Waals surface area contributed by atoms with E-state index in [1.54, 1.807) is 10.7 Å². The van der Waals surface area contributed by atoms with Crippen LogP contribution in [0.2, 0.25) is 0 Å². The smallest absolute Gasteiger partial charge is 0.346 e. The summed E-state index contributed by atoms with van der Waals surface area (Å²) in [6.07, 6.45) is 5.15. The summed E-state index contributed by atoms with van der Waals surface area (Å²) in [5.74, 6) is -0.983. The molecule has 0 amide bonds. The second-order valence-corrected chi connectivity index (χ2v) is 13.4. The second kappa shape index (κ2) is 10.1. The van der Waals surface area contributed by atoms with Gasteiger partial charge in [-0.3, -0.25) is 0 Å². The largest absolute Gasteiger partial charge is 0.477 e. The normalized spacial score (nSPS) is 13.1. The molecule has 3 heterocycles. The molecule has 2 aromatic carbocycles. The maximum Gasteiger partial charge on any atom is 0.346 e. The van der Waals surface area contributed by atoms with E-state index in [1.165, 1.54) is 11.3 Å². The molecule has 3 aromatic heterocycles. The molecule has 1 unspecified atom stereocenters. The highest BCUT2D eigenvalue weighted by Crippen LogP contribution is 2.51. The van der Waals surface area contributed by atoms with Crippen LogP contribution in [0.15, 0.2) is 73.1 Å². The van der Waals surface area contributed by atoms with Gasteiger partial charge in [0.05, 0.1) is 5.69 Å². The second-order valence-electron chi connectivity index (χ2n) is 9.36. The van der Waals surface area contributed by atoms with Crippen molar-refractivity contribution >= 4 is 35.4 Å². The van der Waals surface area contributed by atoms with E-state index >= 15 is 0 Å². The van der Waals surface area contributed by atoms with Crippen LogP contribution in [0.1, 0.15) is 39.7 Å². The minimum absolute atomic E-state index is 0.245. The first kappa shape index (κ1) is 25.1. The molecule has 0 radical (unpaired) electrons. The number of hydrogen-bond donors (Lipinski definition) is 1. The van der Waals surface area contributed by atoms with Gasteiger partial charge in [-0.15, -0.1) is 11.3 Å². The van der Waals surface area contributed by atoms with E-state index in [0.29, 0.717) is 11.7 Å². The highest BCUT2D eigenvalue weighted by molar-refractivity contribution is 7.71. The summed E-state index contributed by atoms with van der Waals surface area (Å²) in [7, 11) is -2.83. The van der Waals surface area contributed by atoms with Crippen molar-refractivity contribution in [2.45, 2.75) is 33.4 Å². The SMILES string of the molecule is CCCP(=O)(Cc1cc(-c2ccc(-c3cc4ncccn4n3)cc2)sc1C(=O)O)c1ccc(C)cc1C. The third-order valence-electron chi connectivity index (χ3n) is 6.51. The zero-order valence-electron chi connectivity index (χ0n) is 21.0. The Kier molecular flexibility index (Phi) is 6.84. The highest BCUT2D eigenvalue weighted by Gasteiger charge is 2.29. The number of aromatic carboxylic acids is 1. The average molecular weight is 530 g/mol. The van der Waals surface area contributed by atoms with Crippen LogP contribution in [0, 0.1) is 13.8 Å². The van der Waals surface area contributed by atoms with Gasteiger partial charge in [-0.2, -0.15) is 5.10 Å². The number of thiophene rings is 1. The molecular formula is C29H28N3O3PS. The molecule has 0 bridgehead atoms. The van der Waals surface area contributed by atoms with Crippen molar-refractivity contribution < 1.29 is 14.5 Å². The number of rotatable bonds is 8. The lowest BCUT2D eigenvalue weighted by atomic mass is 10.1. The molecule has 1 atom stereocenters. The maximum absolute atomic E-state index is 14.3. The van der Waals surface area contributed by atoms with Crippen LogP contribution in [-0.4, -0.2) is 31.8 Å². The number of fused-ring (bicyclic) bond motifs is 1. The summed E-state index contributed by atoms with van der Waals surface area (Å²) < 4.78 is 16.0. The Morgan fingerprint density at radius 3 is 2.49 bits per heavy atom. The van der Waals surface area contributed by atoms with E-state index < -0.39 is 13.1 Å². The van der Waals surface area contributed by atoms with Crippen LogP contribution in [0.25, 0.3) is 27.3 Å². The number of hydrogen-bond acceptors (Lipinski definition) is 5. The molecule has 8 heteroatoms. The summed E-state index contributed by atoms with van der Waals surface area (Å²) in [5, 5.41) is 15.4. The summed E-state index contributed by atoms with van der Waals surface area (Å²) >= 11 is 1.24. The Balaban J connectivity index is 1.48. The zero-order chi connectivity index (χ0) is 26.2. The third-order valence-corrected chi connectivity index (χ3v) is 11.1. The Morgan fingerprint density at radius 2 is 1.81 bits per heavy atom. The van der Waals surface area contributed by atoms with E-state index in [-0.39, 0.29) is 11.0 Å². The lowest BCUT2D eigenvalue weighted by molar-refractivity contribution is 0.0701. The monoisotopic (exact) mass is 529 g/mol. The minimum atomic E-state index is -2.83. The molecule has 1 N–H and O–H groups in total. The summed E-state index contributed by atoms with van der Waals surface area (Å²) in [6.45, 7) is 6.03. The summed E-state index contributed by atoms with van der Waals surface area (Å²) in [6, 6.07) is 19.6. The standard InChI is InChI=1S/C29H28N3O3PS/c1-4-14-36(35,25-11-6-19(2)15-20(25)3)18-23-16-26(37-28(23)29(33)34)22-9-7-21(8-10-22)24-17-27-30-12-5-13-32(27)31-24/h5-13,15-17H,4,14,18H2,1-3H3,(H,33,34). The number of carboxylic acid groups (broad SMARTS) is 1. The van der Waals surface area contributed by atoms with E-state index in [9.17, 15) is 14.5 Å². The zero-order valence-corrected chi connectivity index (χ0v) is 22.7. The van der Waals surface area contributed by atoms with Gasteiger partial charge in [-0.05, 0) is 49.1 Å². The molecule has 0 fully saturated rings. The molecule has 0 aliphatic heterocycles. The van der Waals surface area contributed by atoms with Gasteiger partial charge in [0, 0.05) is 46.5 Å². The van der Waals surface area contributed by atoms with Crippen LogP contribution in [-0.2, 0) is 10.7 Å². The predicted molar refractivity (Wildman–Crippen MR) is 151 cm³/mol. The van der Waals surface area contributed by atoms with E-state index in [1.807, 2.05) is 81.6 Å². The number of carboxylic acids is 1. The first-order valence-electron chi connectivity index (χ1n) is 12.2. The van der Waals surface area contributed by atoms with Crippen LogP contribution < -0.4 is 5.30 Å². The van der Waals surface area contributed by atoms with Gasteiger partial charge < -0.3 is 9.67 Å². The lowest BCUT2D eigenvalue weighted by Crippen LogP contribution is -2.14. The fraction of sp³-hybridized carbons (Fsp3) is 0.207. The predicted octanol–water partition coefficient (Wildman–Crippen LogP) is 7.04. The number of nitrogens with zero attached hydrogens (tertiary/aromatic N) is 3. The van der Waals surface area contributed by atoms with Crippen molar-refractivity contribution in [2.75, 3.05) is 6.16 Å². The number of carbonyl (C=O) groups is 1. The molecule has 0 saturated carbocycles. The van der Waals surface area contributed by atoms with Gasteiger partial charge in [-0.1, -0.05) is 55.0 Å². The van der Waals surface area contributed by atoms with E-state index in [0.717, 1.165) is 50.2 Å². The number of benzene rings is 2. The van der Waals surface area contributed by atoms with Gasteiger partial charge in [0.1, 0.15) is 12.0 Å². The Labute approximate surface area is 220 Å². The van der Waals surface area contributed by atoms with Crippen LogP contribution in [0.4, 0.5) is 0 Å². The topological polar surface area (TPSA) is 84.6 Å². The van der Waals surface area contributed by atoms with Gasteiger partial charge in [0.2, 0.25) is 0 Å².